The minimum Gasteiger partial charge on any atom is -0.385 e. The average molecular weight is 450 g/mol. The minimum atomic E-state index is 0.761. The third-order valence-electron chi connectivity index (χ3n) is 6.05. The van der Waals surface area contributed by atoms with E-state index in [1.165, 1.54) is 29.9 Å². The van der Waals surface area contributed by atoms with Crippen LogP contribution in [0.15, 0.2) is 36.7 Å². The third-order valence-corrected chi connectivity index (χ3v) is 6.93. The number of hydrogen-bond acceptors (Lipinski definition) is 8. The first-order valence-electron chi connectivity index (χ1n) is 10.9. The maximum Gasteiger partial charge on any atom is 0.190 e. The van der Waals surface area contributed by atoms with Crippen molar-refractivity contribution in [2.24, 2.45) is 5.92 Å². The average Bonchev–Trinajstić information content (AvgIpc) is 3.43. The van der Waals surface area contributed by atoms with E-state index in [4.69, 9.17) is 9.72 Å². The van der Waals surface area contributed by atoms with Crippen LogP contribution in [0.1, 0.15) is 25.0 Å². The number of fused-ring (bicyclic) bond motifs is 1. The maximum atomic E-state index is 5.24. The number of aryl methyl sites for hydroxylation is 1. The molecule has 0 amide bonds. The first-order valence-corrected chi connectivity index (χ1v) is 11.8. The van der Waals surface area contributed by atoms with Crippen LogP contribution in [0.2, 0.25) is 0 Å². The molecule has 4 aromatic heterocycles. The fourth-order valence-corrected chi connectivity index (χ4v) is 5.03. The lowest BCUT2D eigenvalue weighted by molar-refractivity contribution is 0.170. The number of methoxy groups -OCH3 is 1. The zero-order valence-corrected chi connectivity index (χ0v) is 19.2. The van der Waals surface area contributed by atoms with Gasteiger partial charge in [0.05, 0.1) is 11.9 Å². The Morgan fingerprint density at radius 3 is 2.88 bits per heavy atom. The largest absolute Gasteiger partial charge is 0.385 e. The Labute approximate surface area is 191 Å². The number of ether oxygens (including phenoxy) is 1. The standard InChI is InChI=1S/C23H27N7OS/c1-15-18(14-25-29-15)19-3-4-20-22(26-19)32-23(27-20)28-21-13-17(5-9-24-21)30-10-6-16(7-11-30)8-12-31-2/h3-5,9,13-14,16H,6-8,10-12H2,1-2H3,(H,25,29)(H,24,27,28). The SMILES string of the molecule is COCCC1CCN(c2ccnc(Nc3nc4ccc(-c5cn[nH]c5C)nc4s3)c2)CC1. The number of rotatable bonds is 7. The molecule has 0 saturated carbocycles. The van der Waals surface area contributed by atoms with Gasteiger partial charge < -0.3 is 15.0 Å². The molecule has 1 fully saturated rings. The summed E-state index contributed by atoms with van der Waals surface area (Å²) in [6, 6.07) is 8.18. The minimum absolute atomic E-state index is 0.761. The van der Waals surface area contributed by atoms with Gasteiger partial charge >= 0.3 is 0 Å². The molecule has 0 aromatic carbocycles. The summed E-state index contributed by atoms with van der Waals surface area (Å²) in [5.41, 5.74) is 4.98. The lowest BCUT2D eigenvalue weighted by Crippen LogP contribution is -2.34. The highest BCUT2D eigenvalue weighted by atomic mass is 32.1. The highest BCUT2D eigenvalue weighted by Gasteiger charge is 2.19. The first kappa shape index (κ1) is 20.8. The number of piperidine rings is 1. The van der Waals surface area contributed by atoms with Crippen molar-refractivity contribution in [2.75, 3.05) is 37.0 Å². The topological polar surface area (TPSA) is 91.9 Å². The summed E-state index contributed by atoms with van der Waals surface area (Å²) in [6.07, 6.45) is 7.23. The van der Waals surface area contributed by atoms with Crippen LogP contribution in [0, 0.1) is 12.8 Å². The number of aromatic nitrogens is 5. The molecule has 0 radical (unpaired) electrons. The van der Waals surface area contributed by atoms with Crippen LogP contribution in [0.25, 0.3) is 21.6 Å². The van der Waals surface area contributed by atoms with Gasteiger partial charge in [-0.15, -0.1) is 0 Å². The Balaban J connectivity index is 1.29. The monoisotopic (exact) mass is 449 g/mol. The van der Waals surface area contributed by atoms with Crippen molar-refractivity contribution in [3.8, 4) is 11.3 Å². The number of thiazole rings is 1. The molecule has 0 unspecified atom stereocenters. The van der Waals surface area contributed by atoms with Crippen molar-refractivity contribution >= 4 is 38.3 Å². The van der Waals surface area contributed by atoms with Crippen molar-refractivity contribution in [1.29, 1.82) is 0 Å². The molecule has 1 aliphatic heterocycles. The summed E-state index contributed by atoms with van der Waals surface area (Å²) < 4.78 is 5.24. The van der Waals surface area contributed by atoms with Gasteiger partial charge in [0.2, 0.25) is 0 Å². The van der Waals surface area contributed by atoms with Crippen molar-refractivity contribution in [3.63, 3.8) is 0 Å². The molecule has 5 heterocycles. The van der Waals surface area contributed by atoms with Crippen LogP contribution in [-0.2, 0) is 4.74 Å². The predicted molar refractivity (Wildman–Crippen MR) is 129 cm³/mol. The Morgan fingerprint density at radius 2 is 2.09 bits per heavy atom. The molecule has 32 heavy (non-hydrogen) atoms. The van der Waals surface area contributed by atoms with Crippen LogP contribution in [0.4, 0.5) is 16.6 Å². The smallest absolute Gasteiger partial charge is 0.190 e. The van der Waals surface area contributed by atoms with E-state index in [0.717, 1.165) is 70.3 Å². The van der Waals surface area contributed by atoms with E-state index < -0.39 is 0 Å². The summed E-state index contributed by atoms with van der Waals surface area (Å²) >= 11 is 1.53. The van der Waals surface area contributed by atoms with Gasteiger partial charge in [-0.1, -0.05) is 11.3 Å². The molecule has 2 N–H and O–H groups in total. The molecule has 1 saturated heterocycles. The summed E-state index contributed by atoms with van der Waals surface area (Å²) in [4.78, 5) is 17.3. The number of nitrogens with one attached hydrogen (secondary N) is 2. The molecule has 0 aliphatic carbocycles. The second kappa shape index (κ2) is 9.22. The number of nitrogens with zero attached hydrogens (tertiary/aromatic N) is 5. The van der Waals surface area contributed by atoms with Gasteiger partial charge in [-0.3, -0.25) is 5.10 Å². The van der Waals surface area contributed by atoms with E-state index in [-0.39, 0.29) is 0 Å². The highest BCUT2D eigenvalue weighted by molar-refractivity contribution is 7.21. The zero-order valence-electron chi connectivity index (χ0n) is 18.3. The molecule has 0 bridgehead atoms. The van der Waals surface area contributed by atoms with Gasteiger partial charge in [-0.2, -0.15) is 5.10 Å². The van der Waals surface area contributed by atoms with E-state index in [1.807, 2.05) is 25.3 Å². The molecule has 5 rings (SSSR count). The lowest BCUT2D eigenvalue weighted by atomic mass is 9.93. The van der Waals surface area contributed by atoms with E-state index in [1.54, 1.807) is 13.3 Å². The molecule has 4 aromatic rings. The quantitative estimate of drug-likeness (QED) is 0.419. The molecular weight excluding hydrogens is 422 g/mol. The lowest BCUT2D eigenvalue weighted by Gasteiger charge is -2.33. The number of H-pyrrole nitrogens is 1. The van der Waals surface area contributed by atoms with E-state index in [9.17, 15) is 0 Å². The van der Waals surface area contributed by atoms with E-state index in [2.05, 4.69) is 42.5 Å². The molecule has 0 spiro atoms. The Kier molecular flexibility index (Phi) is 6.00. The highest BCUT2D eigenvalue weighted by Crippen LogP contribution is 2.31. The van der Waals surface area contributed by atoms with Gasteiger partial charge in [-0.05, 0) is 50.3 Å². The molecule has 8 nitrogen and oxygen atoms in total. The van der Waals surface area contributed by atoms with Gasteiger partial charge in [-0.25, -0.2) is 15.0 Å². The van der Waals surface area contributed by atoms with E-state index >= 15 is 0 Å². The molecule has 9 heteroatoms. The van der Waals surface area contributed by atoms with Gasteiger partial charge in [0.1, 0.15) is 16.2 Å². The maximum absolute atomic E-state index is 5.24. The Bertz CT molecular complexity index is 1200. The van der Waals surface area contributed by atoms with Crippen molar-refractivity contribution in [3.05, 3.63) is 42.4 Å². The van der Waals surface area contributed by atoms with Gasteiger partial charge in [0, 0.05) is 56.0 Å². The number of hydrogen-bond donors (Lipinski definition) is 2. The first-order chi connectivity index (χ1) is 15.7. The Hall–Kier alpha value is -3.04. The third kappa shape index (κ3) is 4.44. The normalized spacial score (nSPS) is 14.9. The van der Waals surface area contributed by atoms with Crippen LogP contribution in [0.3, 0.4) is 0 Å². The van der Waals surface area contributed by atoms with Crippen molar-refractivity contribution in [2.45, 2.75) is 26.2 Å². The van der Waals surface area contributed by atoms with Crippen LogP contribution >= 0.6 is 11.3 Å². The van der Waals surface area contributed by atoms with Gasteiger partial charge in [0.25, 0.3) is 0 Å². The summed E-state index contributed by atoms with van der Waals surface area (Å²) in [5.74, 6) is 1.56. The number of pyridine rings is 2. The Morgan fingerprint density at radius 1 is 1.22 bits per heavy atom. The molecule has 1 aliphatic rings. The van der Waals surface area contributed by atoms with Crippen LogP contribution in [-0.4, -0.2) is 52.0 Å². The zero-order chi connectivity index (χ0) is 21.9. The second-order valence-electron chi connectivity index (χ2n) is 8.18. The van der Waals surface area contributed by atoms with Crippen LogP contribution in [0.5, 0.6) is 0 Å². The predicted octanol–water partition coefficient (Wildman–Crippen LogP) is 4.78. The van der Waals surface area contributed by atoms with Crippen molar-refractivity contribution in [1.82, 2.24) is 25.1 Å². The summed E-state index contributed by atoms with van der Waals surface area (Å²) in [5, 5.41) is 11.2. The molecule has 166 valence electrons. The second-order valence-corrected chi connectivity index (χ2v) is 9.16. The van der Waals surface area contributed by atoms with E-state index in [0.29, 0.717) is 0 Å². The number of aromatic amines is 1. The van der Waals surface area contributed by atoms with Crippen molar-refractivity contribution < 1.29 is 4.74 Å². The molecular formula is C23H27N7OS. The summed E-state index contributed by atoms with van der Waals surface area (Å²) in [6.45, 7) is 4.99. The summed E-state index contributed by atoms with van der Waals surface area (Å²) in [7, 11) is 1.78. The fourth-order valence-electron chi connectivity index (χ4n) is 4.19. The van der Waals surface area contributed by atoms with Gasteiger partial charge in [0.15, 0.2) is 5.13 Å². The number of anilines is 3. The fraction of sp³-hybridized carbons (Fsp3) is 0.391. The molecule has 0 atom stereocenters. The van der Waals surface area contributed by atoms with Crippen LogP contribution < -0.4 is 10.2 Å².